The van der Waals surface area contributed by atoms with Gasteiger partial charge in [0, 0.05) is 29.7 Å². The molecule has 0 saturated heterocycles. The maximum Gasteiger partial charge on any atom is 0.214 e. The van der Waals surface area contributed by atoms with E-state index < -0.39 is 0 Å². The van der Waals surface area contributed by atoms with Gasteiger partial charge in [0.1, 0.15) is 18.4 Å². The third-order valence-corrected chi connectivity index (χ3v) is 4.79. The Morgan fingerprint density at radius 2 is 2.00 bits per heavy atom. The smallest absolute Gasteiger partial charge is 0.214 e. The van der Waals surface area contributed by atoms with Crippen LogP contribution in [0, 0.1) is 18.3 Å². The standard InChI is InChI=1S/C22H20N4O/c1-15-10-19(21(12-23)25-13-15)18-11-22(26-20-8-3-2-7-17(18)20)27-14-16-6-4-5-9-24-16/h4-6,9-11,13H,2-3,7-8,14H2,1H3. The van der Waals surface area contributed by atoms with Crippen LogP contribution in [0.4, 0.5) is 0 Å². The first kappa shape index (κ1) is 17.2. The number of hydrogen-bond donors (Lipinski definition) is 0. The first-order chi connectivity index (χ1) is 13.2. The van der Waals surface area contributed by atoms with Crippen molar-refractivity contribution in [2.24, 2.45) is 0 Å². The van der Waals surface area contributed by atoms with Crippen molar-refractivity contribution >= 4 is 0 Å². The first-order valence-electron chi connectivity index (χ1n) is 9.17. The number of pyridine rings is 3. The average Bonchev–Trinajstić information content (AvgIpc) is 2.72. The number of nitrogens with zero attached hydrogens (tertiary/aromatic N) is 4. The summed E-state index contributed by atoms with van der Waals surface area (Å²) >= 11 is 0. The number of nitriles is 1. The molecule has 0 N–H and O–H groups in total. The number of rotatable bonds is 4. The van der Waals surface area contributed by atoms with E-state index >= 15 is 0 Å². The molecule has 0 saturated carbocycles. The van der Waals surface area contributed by atoms with Crippen LogP contribution in [-0.2, 0) is 19.4 Å². The van der Waals surface area contributed by atoms with Gasteiger partial charge in [-0.25, -0.2) is 9.97 Å². The monoisotopic (exact) mass is 356 g/mol. The molecule has 5 heteroatoms. The molecule has 27 heavy (non-hydrogen) atoms. The van der Waals surface area contributed by atoms with Crippen molar-refractivity contribution in [3.8, 4) is 23.1 Å². The molecule has 1 aliphatic carbocycles. The molecule has 3 heterocycles. The van der Waals surface area contributed by atoms with Crippen LogP contribution in [0.5, 0.6) is 5.88 Å². The molecule has 0 aromatic carbocycles. The number of aromatic nitrogens is 3. The summed E-state index contributed by atoms with van der Waals surface area (Å²) in [5, 5.41) is 9.53. The highest BCUT2D eigenvalue weighted by molar-refractivity contribution is 5.74. The fourth-order valence-corrected chi connectivity index (χ4v) is 3.49. The van der Waals surface area contributed by atoms with E-state index in [1.165, 1.54) is 5.56 Å². The molecule has 5 nitrogen and oxygen atoms in total. The fourth-order valence-electron chi connectivity index (χ4n) is 3.49. The van der Waals surface area contributed by atoms with Crippen LogP contribution < -0.4 is 4.74 Å². The van der Waals surface area contributed by atoms with Gasteiger partial charge in [-0.3, -0.25) is 4.98 Å². The molecule has 134 valence electrons. The van der Waals surface area contributed by atoms with E-state index in [2.05, 4.69) is 16.0 Å². The van der Waals surface area contributed by atoms with Crippen LogP contribution in [0.25, 0.3) is 11.1 Å². The summed E-state index contributed by atoms with van der Waals surface area (Å²) < 4.78 is 5.95. The lowest BCUT2D eigenvalue weighted by Crippen LogP contribution is -2.10. The Morgan fingerprint density at radius 1 is 1.11 bits per heavy atom. The van der Waals surface area contributed by atoms with Gasteiger partial charge in [-0.15, -0.1) is 0 Å². The van der Waals surface area contributed by atoms with Gasteiger partial charge in [-0.2, -0.15) is 5.26 Å². The second kappa shape index (κ2) is 7.55. The number of fused-ring (bicyclic) bond motifs is 1. The second-order valence-electron chi connectivity index (χ2n) is 6.77. The minimum Gasteiger partial charge on any atom is -0.471 e. The molecule has 3 aromatic heterocycles. The molecule has 3 aromatic rings. The molecule has 0 bridgehead atoms. The summed E-state index contributed by atoms with van der Waals surface area (Å²) in [5.74, 6) is 0.571. The summed E-state index contributed by atoms with van der Waals surface area (Å²) in [6, 6.07) is 11.9. The van der Waals surface area contributed by atoms with Crippen molar-refractivity contribution in [2.75, 3.05) is 0 Å². The number of aryl methyl sites for hydroxylation is 2. The maximum atomic E-state index is 9.53. The van der Waals surface area contributed by atoms with Crippen LogP contribution in [0.1, 0.15) is 41.1 Å². The Morgan fingerprint density at radius 3 is 2.81 bits per heavy atom. The number of ether oxygens (including phenoxy) is 1. The van der Waals surface area contributed by atoms with Gasteiger partial charge in [-0.1, -0.05) is 6.07 Å². The van der Waals surface area contributed by atoms with Crippen molar-refractivity contribution in [2.45, 2.75) is 39.2 Å². The first-order valence-corrected chi connectivity index (χ1v) is 9.17. The molecule has 1 aliphatic rings. The van der Waals surface area contributed by atoms with E-state index in [1.807, 2.05) is 37.3 Å². The van der Waals surface area contributed by atoms with Crippen LogP contribution in [0.15, 0.2) is 42.7 Å². The molecule has 4 rings (SSSR count). The summed E-state index contributed by atoms with van der Waals surface area (Å²) in [5.41, 5.74) is 6.49. The highest BCUT2D eigenvalue weighted by Crippen LogP contribution is 2.35. The van der Waals surface area contributed by atoms with Crippen LogP contribution in [0.3, 0.4) is 0 Å². The van der Waals surface area contributed by atoms with Crippen LogP contribution in [-0.4, -0.2) is 15.0 Å². The lowest BCUT2D eigenvalue weighted by atomic mass is 9.88. The van der Waals surface area contributed by atoms with Gasteiger partial charge in [-0.05, 0) is 67.5 Å². The van der Waals surface area contributed by atoms with Gasteiger partial charge < -0.3 is 4.74 Å². The third kappa shape index (κ3) is 3.65. The van der Waals surface area contributed by atoms with E-state index in [4.69, 9.17) is 9.72 Å². The van der Waals surface area contributed by atoms with E-state index in [1.54, 1.807) is 12.4 Å². The molecule has 0 amide bonds. The van der Waals surface area contributed by atoms with Crippen LogP contribution in [0.2, 0.25) is 0 Å². The predicted molar refractivity (Wildman–Crippen MR) is 102 cm³/mol. The summed E-state index contributed by atoms with van der Waals surface area (Å²) in [6.07, 6.45) is 7.65. The van der Waals surface area contributed by atoms with Gasteiger partial charge >= 0.3 is 0 Å². The Labute approximate surface area is 158 Å². The van der Waals surface area contributed by atoms with Gasteiger partial charge in [0.2, 0.25) is 5.88 Å². The molecule has 0 spiro atoms. The summed E-state index contributed by atoms with van der Waals surface area (Å²) in [6.45, 7) is 2.35. The van der Waals surface area contributed by atoms with Crippen molar-refractivity contribution in [1.82, 2.24) is 15.0 Å². The molecule has 0 aliphatic heterocycles. The Kier molecular flexibility index (Phi) is 4.80. The molecule has 0 fully saturated rings. The molecular formula is C22H20N4O. The molecular weight excluding hydrogens is 336 g/mol. The average molecular weight is 356 g/mol. The molecule has 0 unspecified atom stereocenters. The van der Waals surface area contributed by atoms with Gasteiger partial charge in [0.15, 0.2) is 0 Å². The van der Waals surface area contributed by atoms with Crippen molar-refractivity contribution in [3.63, 3.8) is 0 Å². The Balaban J connectivity index is 1.76. The van der Waals surface area contributed by atoms with Crippen LogP contribution >= 0.6 is 0 Å². The predicted octanol–water partition coefficient (Wildman–Crippen LogP) is 4.18. The molecule has 0 radical (unpaired) electrons. The molecule has 0 atom stereocenters. The van der Waals surface area contributed by atoms with Crippen molar-refractivity contribution in [3.05, 3.63) is 70.9 Å². The summed E-state index contributed by atoms with van der Waals surface area (Å²) in [4.78, 5) is 13.3. The third-order valence-electron chi connectivity index (χ3n) is 4.79. The highest BCUT2D eigenvalue weighted by Gasteiger charge is 2.20. The summed E-state index contributed by atoms with van der Waals surface area (Å²) in [7, 11) is 0. The maximum absolute atomic E-state index is 9.53. The van der Waals surface area contributed by atoms with E-state index in [9.17, 15) is 5.26 Å². The lowest BCUT2D eigenvalue weighted by Gasteiger charge is -2.20. The van der Waals surface area contributed by atoms with E-state index in [0.29, 0.717) is 18.2 Å². The van der Waals surface area contributed by atoms with Crippen molar-refractivity contribution in [1.29, 1.82) is 5.26 Å². The zero-order valence-electron chi connectivity index (χ0n) is 15.3. The van der Waals surface area contributed by atoms with E-state index in [-0.39, 0.29) is 0 Å². The largest absolute Gasteiger partial charge is 0.471 e. The van der Waals surface area contributed by atoms with Crippen molar-refractivity contribution < 1.29 is 4.74 Å². The number of hydrogen-bond acceptors (Lipinski definition) is 5. The van der Waals surface area contributed by atoms with Gasteiger partial charge in [0.05, 0.1) is 5.69 Å². The minimum atomic E-state index is 0.364. The quantitative estimate of drug-likeness (QED) is 0.701. The Hall–Kier alpha value is -3.26. The minimum absolute atomic E-state index is 0.364. The zero-order chi connectivity index (χ0) is 18.6. The second-order valence-corrected chi connectivity index (χ2v) is 6.77. The topological polar surface area (TPSA) is 71.7 Å². The normalized spacial score (nSPS) is 12.9. The lowest BCUT2D eigenvalue weighted by molar-refractivity contribution is 0.288. The Bertz CT molecular complexity index is 1010. The van der Waals surface area contributed by atoms with Gasteiger partial charge in [0.25, 0.3) is 0 Å². The highest BCUT2D eigenvalue weighted by atomic mass is 16.5. The SMILES string of the molecule is Cc1cnc(C#N)c(-c2cc(OCc3ccccn3)nc3c2CCCC3)c1. The zero-order valence-corrected chi connectivity index (χ0v) is 15.3. The van der Waals surface area contributed by atoms with E-state index in [0.717, 1.165) is 53.8 Å². The fraction of sp³-hybridized carbons (Fsp3) is 0.273.